The standard InChI is InChI=1S/C14H24N6/c1-4-7-19-10-11(9-16-19)14(17-15)13-8-12(5-2)18-20(13)6-3/h8-10,14,17H,4-7,15H2,1-3H3. The molecule has 2 heterocycles. The second-order valence-electron chi connectivity index (χ2n) is 4.87. The molecule has 0 aliphatic carbocycles. The first-order valence-corrected chi connectivity index (χ1v) is 7.28. The van der Waals surface area contributed by atoms with Crippen molar-refractivity contribution in [2.45, 2.75) is 52.7 Å². The summed E-state index contributed by atoms with van der Waals surface area (Å²) >= 11 is 0. The number of nitrogens with two attached hydrogens (primary N) is 1. The molecule has 6 nitrogen and oxygen atoms in total. The van der Waals surface area contributed by atoms with Crippen LogP contribution in [0.15, 0.2) is 18.5 Å². The van der Waals surface area contributed by atoms with Gasteiger partial charge in [0.05, 0.1) is 23.6 Å². The van der Waals surface area contributed by atoms with Crippen molar-refractivity contribution in [2.24, 2.45) is 5.84 Å². The normalized spacial score (nSPS) is 12.8. The molecule has 0 radical (unpaired) electrons. The molecular weight excluding hydrogens is 252 g/mol. The van der Waals surface area contributed by atoms with Gasteiger partial charge in [-0.15, -0.1) is 0 Å². The summed E-state index contributed by atoms with van der Waals surface area (Å²) in [4.78, 5) is 0. The highest BCUT2D eigenvalue weighted by molar-refractivity contribution is 5.25. The molecule has 6 heteroatoms. The molecule has 1 unspecified atom stereocenters. The number of hydrazine groups is 1. The SMILES string of the molecule is CCCn1cc(C(NN)c2cc(CC)nn2CC)cn1. The third-order valence-corrected chi connectivity index (χ3v) is 3.43. The molecule has 0 fully saturated rings. The zero-order valence-electron chi connectivity index (χ0n) is 12.5. The molecule has 0 saturated carbocycles. The van der Waals surface area contributed by atoms with E-state index in [-0.39, 0.29) is 6.04 Å². The Labute approximate surface area is 119 Å². The van der Waals surface area contributed by atoms with Crippen molar-refractivity contribution in [1.29, 1.82) is 0 Å². The minimum atomic E-state index is -0.0756. The number of nitrogens with one attached hydrogen (secondary N) is 1. The summed E-state index contributed by atoms with van der Waals surface area (Å²) in [5.74, 6) is 5.77. The van der Waals surface area contributed by atoms with Crippen LogP contribution in [-0.2, 0) is 19.5 Å². The van der Waals surface area contributed by atoms with Gasteiger partial charge >= 0.3 is 0 Å². The van der Waals surface area contributed by atoms with Crippen molar-refractivity contribution in [2.75, 3.05) is 0 Å². The van der Waals surface area contributed by atoms with Crippen LogP contribution in [0, 0.1) is 0 Å². The number of rotatable bonds is 7. The topological polar surface area (TPSA) is 73.7 Å². The molecule has 20 heavy (non-hydrogen) atoms. The summed E-state index contributed by atoms with van der Waals surface area (Å²) in [6.07, 6.45) is 5.91. The third-order valence-electron chi connectivity index (χ3n) is 3.43. The molecule has 2 aromatic heterocycles. The molecule has 0 spiro atoms. The van der Waals surface area contributed by atoms with Crippen molar-refractivity contribution >= 4 is 0 Å². The molecule has 3 N–H and O–H groups in total. The molecular formula is C14H24N6. The van der Waals surface area contributed by atoms with Crippen LogP contribution in [0.2, 0.25) is 0 Å². The fourth-order valence-corrected chi connectivity index (χ4v) is 2.38. The lowest BCUT2D eigenvalue weighted by Gasteiger charge is -2.15. The predicted molar refractivity (Wildman–Crippen MR) is 79.0 cm³/mol. The summed E-state index contributed by atoms with van der Waals surface area (Å²) in [5.41, 5.74) is 6.13. The van der Waals surface area contributed by atoms with Crippen molar-refractivity contribution in [1.82, 2.24) is 25.0 Å². The summed E-state index contributed by atoms with van der Waals surface area (Å²) in [7, 11) is 0. The number of nitrogens with zero attached hydrogens (tertiary/aromatic N) is 4. The number of aromatic nitrogens is 4. The van der Waals surface area contributed by atoms with Gasteiger partial charge in [-0.3, -0.25) is 15.2 Å². The quantitative estimate of drug-likeness (QED) is 0.595. The Bertz CT molecular complexity index is 542. The minimum absolute atomic E-state index is 0.0756. The highest BCUT2D eigenvalue weighted by Gasteiger charge is 2.19. The van der Waals surface area contributed by atoms with Crippen LogP contribution in [0.5, 0.6) is 0 Å². The first kappa shape index (κ1) is 14.7. The highest BCUT2D eigenvalue weighted by atomic mass is 15.3. The van der Waals surface area contributed by atoms with E-state index < -0.39 is 0 Å². The van der Waals surface area contributed by atoms with Crippen LogP contribution < -0.4 is 11.3 Å². The van der Waals surface area contributed by atoms with Gasteiger partial charge in [0.2, 0.25) is 0 Å². The van der Waals surface area contributed by atoms with Crippen LogP contribution in [-0.4, -0.2) is 19.6 Å². The van der Waals surface area contributed by atoms with Gasteiger partial charge < -0.3 is 0 Å². The van der Waals surface area contributed by atoms with E-state index in [9.17, 15) is 0 Å². The van der Waals surface area contributed by atoms with Crippen LogP contribution >= 0.6 is 0 Å². The smallest absolute Gasteiger partial charge is 0.0908 e. The Morgan fingerprint density at radius 2 is 2.15 bits per heavy atom. The minimum Gasteiger partial charge on any atom is -0.272 e. The summed E-state index contributed by atoms with van der Waals surface area (Å²) < 4.78 is 3.95. The fraction of sp³-hybridized carbons (Fsp3) is 0.571. The second kappa shape index (κ2) is 6.67. The maximum Gasteiger partial charge on any atom is 0.0908 e. The maximum absolute atomic E-state index is 5.77. The van der Waals surface area contributed by atoms with E-state index in [0.717, 1.165) is 42.9 Å². The largest absolute Gasteiger partial charge is 0.272 e. The monoisotopic (exact) mass is 276 g/mol. The number of aryl methyl sites for hydroxylation is 3. The lowest BCUT2D eigenvalue weighted by molar-refractivity contribution is 0.540. The third kappa shape index (κ3) is 2.91. The summed E-state index contributed by atoms with van der Waals surface area (Å²) in [6.45, 7) is 8.08. The Morgan fingerprint density at radius 3 is 2.75 bits per heavy atom. The average molecular weight is 276 g/mol. The Morgan fingerprint density at radius 1 is 1.35 bits per heavy atom. The highest BCUT2D eigenvalue weighted by Crippen LogP contribution is 2.22. The van der Waals surface area contributed by atoms with E-state index in [4.69, 9.17) is 5.84 Å². The summed E-state index contributed by atoms with van der Waals surface area (Å²) in [5, 5.41) is 8.95. The van der Waals surface area contributed by atoms with E-state index in [0.29, 0.717) is 0 Å². The number of hydrogen-bond donors (Lipinski definition) is 2. The van der Waals surface area contributed by atoms with Crippen molar-refractivity contribution < 1.29 is 0 Å². The van der Waals surface area contributed by atoms with E-state index in [2.05, 4.69) is 42.5 Å². The van der Waals surface area contributed by atoms with Gasteiger partial charge in [-0.25, -0.2) is 5.43 Å². The van der Waals surface area contributed by atoms with Gasteiger partial charge in [-0.1, -0.05) is 13.8 Å². The molecule has 110 valence electrons. The molecule has 0 saturated heterocycles. The van der Waals surface area contributed by atoms with Crippen molar-refractivity contribution in [3.8, 4) is 0 Å². The Kier molecular flexibility index (Phi) is 4.92. The van der Waals surface area contributed by atoms with Gasteiger partial charge in [-0.05, 0) is 25.8 Å². The molecule has 0 amide bonds. The van der Waals surface area contributed by atoms with Crippen LogP contribution in [0.3, 0.4) is 0 Å². The van der Waals surface area contributed by atoms with Crippen LogP contribution in [0.25, 0.3) is 0 Å². The fourth-order valence-electron chi connectivity index (χ4n) is 2.38. The average Bonchev–Trinajstić information content (AvgIpc) is 3.07. The maximum atomic E-state index is 5.77. The molecule has 2 rings (SSSR count). The predicted octanol–water partition coefficient (Wildman–Crippen LogP) is 1.62. The molecule has 0 aliphatic rings. The van der Waals surface area contributed by atoms with Crippen LogP contribution in [0.1, 0.15) is 50.2 Å². The van der Waals surface area contributed by atoms with Crippen LogP contribution in [0.4, 0.5) is 0 Å². The molecule has 0 aliphatic heterocycles. The second-order valence-corrected chi connectivity index (χ2v) is 4.87. The lowest BCUT2D eigenvalue weighted by Crippen LogP contribution is -2.30. The molecule has 1 atom stereocenters. The molecule has 2 aromatic rings. The number of hydrogen-bond acceptors (Lipinski definition) is 4. The van der Waals surface area contributed by atoms with Crippen molar-refractivity contribution in [3.63, 3.8) is 0 Å². The molecule has 0 aromatic carbocycles. The van der Waals surface area contributed by atoms with Gasteiger partial charge in [0.15, 0.2) is 0 Å². The van der Waals surface area contributed by atoms with Crippen molar-refractivity contribution in [3.05, 3.63) is 35.4 Å². The van der Waals surface area contributed by atoms with E-state index >= 15 is 0 Å². The van der Waals surface area contributed by atoms with Gasteiger partial charge in [0.25, 0.3) is 0 Å². The molecule has 0 bridgehead atoms. The Balaban J connectivity index is 2.32. The van der Waals surface area contributed by atoms with Gasteiger partial charge in [-0.2, -0.15) is 10.2 Å². The zero-order valence-corrected chi connectivity index (χ0v) is 12.5. The Hall–Kier alpha value is -1.66. The van der Waals surface area contributed by atoms with Gasteiger partial charge in [0.1, 0.15) is 0 Å². The van der Waals surface area contributed by atoms with E-state index in [1.165, 1.54) is 0 Å². The first-order chi connectivity index (χ1) is 9.73. The lowest BCUT2D eigenvalue weighted by atomic mass is 10.1. The zero-order chi connectivity index (χ0) is 14.5. The van der Waals surface area contributed by atoms with E-state index in [1.54, 1.807) is 0 Å². The van der Waals surface area contributed by atoms with Gasteiger partial charge in [0, 0.05) is 24.8 Å². The van der Waals surface area contributed by atoms with E-state index in [1.807, 2.05) is 21.8 Å². The first-order valence-electron chi connectivity index (χ1n) is 7.28. The summed E-state index contributed by atoms with van der Waals surface area (Å²) in [6, 6.07) is 2.04.